The van der Waals surface area contributed by atoms with Gasteiger partial charge in [-0.25, -0.2) is 0 Å². The van der Waals surface area contributed by atoms with Crippen molar-refractivity contribution < 1.29 is 19.4 Å². The number of ketones is 2. The van der Waals surface area contributed by atoms with Crippen LogP contribution in [0.4, 0.5) is 0 Å². The van der Waals surface area contributed by atoms with E-state index in [4.69, 9.17) is 4.74 Å². The van der Waals surface area contributed by atoms with Crippen LogP contribution in [0.15, 0.2) is 60.7 Å². The molecule has 0 radical (unpaired) electrons. The Balaban J connectivity index is 2.13. The van der Waals surface area contributed by atoms with Crippen LogP contribution in [-0.4, -0.2) is 23.8 Å². The van der Waals surface area contributed by atoms with E-state index < -0.39 is 11.6 Å². The van der Waals surface area contributed by atoms with Crippen molar-refractivity contribution in [1.82, 2.24) is 0 Å². The van der Waals surface area contributed by atoms with Crippen molar-refractivity contribution in [1.29, 1.82) is 0 Å². The molecule has 1 N–H and O–H groups in total. The molecule has 4 heteroatoms. The number of hydrogen-bond donors (Lipinski definition) is 1. The van der Waals surface area contributed by atoms with E-state index in [1.165, 1.54) is 7.11 Å². The van der Waals surface area contributed by atoms with Crippen molar-refractivity contribution in [3.8, 4) is 5.75 Å². The Bertz CT molecular complexity index is 1080. The number of rotatable bonds is 2. The Morgan fingerprint density at radius 1 is 0.800 bits per heavy atom. The number of allylic oxidation sites excluding steroid dienone is 1. The van der Waals surface area contributed by atoms with Crippen molar-refractivity contribution in [3.05, 3.63) is 77.4 Å². The third kappa shape index (κ3) is 2.15. The van der Waals surface area contributed by atoms with Gasteiger partial charge in [0.05, 0.1) is 12.7 Å². The molecular formula is C21H14O4. The zero-order valence-electron chi connectivity index (χ0n) is 13.4. The number of Topliss-reactive ketones (excluding diaryl/α,β-unsaturated/α-hetero) is 2. The first kappa shape index (κ1) is 15.1. The summed E-state index contributed by atoms with van der Waals surface area (Å²) >= 11 is 0. The average molecular weight is 330 g/mol. The Hall–Kier alpha value is -3.40. The number of aliphatic hydroxyl groups excluding tert-OH is 1. The Kier molecular flexibility index (Phi) is 3.39. The van der Waals surface area contributed by atoms with E-state index in [1.54, 1.807) is 30.3 Å². The number of aliphatic hydroxyl groups is 1. The minimum absolute atomic E-state index is 0.0163. The second-order valence-corrected chi connectivity index (χ2v) is 5.79. The molecular weight excluding hydrogens is 316 g/mol. The minimum Gasteiger partial charge on any atom is -0.506 e. The summed E-state index contributed by atoms with van der Waals surface area (Å²) in [6, 6.07) is 17.6. The van der Waals surface area contributed by atoms with Gasteiger partial charge in [-0.1, -0.05) is 54.6 Å². The molecule has 0 atom stereocenters. The maximum atomic E-state index is 12.8. The van der Waals surface area contributed by atoms with E-state index in [2.05, 4.69) is 0 Å². The molecule has 0 saturated heterocycles. The van der Waals surface area contributed by atoms with Crippen LogP contribution < -0.4 is 4.74 Å². The number of ether oxygens (including phenoxy) is 1. The second kappa shape index (κ2) is 5.60. The molecule has 1 aliphatic rings. The van der Waals surface area contributed by atoms with Crippen molar-refractivity contribution in [2.24, 2.45) is 0 Å². The summed E-state index contributed by atoms with van der Waals surface area (Å²) in [4.78, 5) is 25.3. The van der Waals surface area contributed by atoms with E-state index in [-0.39, 0.29) is 16.9 Å². The summed E-state index contributed by atoms with van der Waals surface area (Å²) in [6.07, 6.45) is 0. The van der Waals surface area contributed by atoms with Gasteiger partial charge in [-0.2, -0.15) is 0 Å². The van der Waals surface area contributed by atoms with E-state index in [0.717, 1.165) is 10.8 Å². The van der Waals surface area contributed by atoms with Crippen LogP contribution in [0.1, 0.15) is 21.5 Å². The normalized spacial score (nSPS) is 14.0. The fourth-order valence-electron chi connectivity index (χ4n) is 3.28. The molecule has 0 aliphatic heterocycles. The van der Waals surface area contributed by atoms with Gasteiger partial charge in [0, 0.05) is 16.7 Å². The lowest BCUT2D eigenvalue weighted by Crippen LogP contribution is -2.23. The molecule has 0 saturated carbocycles. The van der Waals surface area contributed by atoms with Crippen LogP contribution >= 0.6 is 0 Å². The molecule has 0 aromatic heterocycles. The third-order valence-electron chi connectivity index (χ3n) is 4.46. The molecule has 0 heterocycles. The van der Waals surface area contributed by atoms with Crippen molar-refractivity contribution in [2.45, 2.75) is 0 Å². The summed E-state index contributed by atoms with van der Waals surface area (Å²) in [5.74, 6) is -1.13. The first-order chi connectivity index (χ1) is 12.1. The zero-order chi connectivity index (χ0) is 17.6. The summed E-state index contributed by atoms with van der Waals surface area (Å²) < 4.78 is 5.42. The Labute approximate surface area is 144 Å². The van der Waals surface area contributed by atoms with Gasteiger partial charge in [0.15, 0.2) is 0 Å². The lowest BCUT2D eigenvalue weighted by molar-refractivity contribution is -0.110. The number of benzene rings is 3. The lowest BCUT2D eigenvalue weighted by atomic mass is 9.83. The highest BCUT2D eigenvalue weighted by molar-refractivity contribution is 6.62. The fourth-order valence-corrected chi connectivity index (χ4v) is 3.28. The number of hydrogen-bond acceptors (Lipinski definition) is 4. The van der Waals surface area contributed by atoms with Crippen molar-refractivity contribution in [2.75, 3.05) is 7.11 Å². The van der Waals surface area contributed by atoms with E-state index in [9.17, 15) is 14.7 Å². The number of carbonyl (C=O) groups excluding carboxylic acids is 2. The van der Waals surface area contributed by atoms with Gasteiger partial charge in [-0.05, 0) is 16.8 Å². The smallest absolute Gasteiger partial charge is 0.238 e. The Morgan fingerprint density at radius 2 is 1.48 bits per heavy atom. The molecule has 0 spiro atoms. The van der Waals surface area contributed by atoms with Gasteiger partial charge in [-0.15, -0.1) is 0 Å². The highest BCUT2D eigenvalue weighted by Crippen LogP contribution is 2.40. The molecule has 0 fully saturated rings. The molecule has 3 aromatic rings. The molecule has 3 aromatic carbocycles. The molecule has 25 heavy (non-hydrogen) atoms. The fraction of sp³-hybridized carbons (Fsp3) is 0.0476. The third-order valence-corrected chi connectivity index (χ3v) is 4.46. The highest BCUT2D eigenvalue weighted by atomic mass is 16.5. The van der Waals surface area contributed by atoms with Gasteiger partial charge >= 0.3 is 0 Å². The quantitative estimate of drug-likeness (QED) is 0.720. The zero-order valence-corrected chi connectivity index (χ0v) is 13.4. The van der Waals surface area contributed by atoms with Gasteiger partial charge in [0.2, 0.25) is 11.6 Å². The van der Waals surface area contributed by atoms with Crippen molar-refractivity contribution in [3.63, 3.8) is 0 Å². The predicted octanol–water partition coefficient (Wildman–Crippen LogP) is 4.04. The molecule has 122 valence electrons. The van der Waals surface area contributed by atoms with E-state index in [1.807, 2.05) is 30.3 Å². The van der Waals surface area contributed by atoms with Gasteiger partial charge in [0.25, 0.3) is 0 Å². The summed E-state index contributed by atoms with van der Waals surface area (Å²) in [5, 5.41) is 12.4. The largest absolute Gasteiger partial charge is 0.506 e. The highest BCUT2D eigenvalue weighted by Gasteiger charge is 2.35. The predicted molar refractivity (Wildman–Crippen MR) is 95.7 cm³/mol. The van der Waals surface area contributed by atoms with Crippen LogP contribution in [0.3, 0.4) is 0 Å². The van der Waals surface area contributed by atoms with Gasteiger partial charge in [-0.3, -0.25) is 9.59 Å². The standard InChI is InChI=1S/C21H14O4/c1-25-16-11-10-12-6-2-3-7-13(12)17(16)18-19(22)14-8-4-5-9-15(14)20(23)21(18)24/h2-11,22H,1H3. The molecule has 0 bridgehead atoms. The molecule has 4 rings (SSSR count). The van der Waals surface area contributed by atoms with Gasteiger partial charge in [0.1, 0.15) is 11.5 Å². The number of methoxy groups -OCH3 is 1. The SMILES string of the molecule is COc1ccc2ccccc2c1C1=C(O)c2ccccc2C(=O)C1=O. The Morgan fingerprint density at radius 3 is 2.24 bits per heavy atom. The monoisotopic (exact) mass is 330 g/mol. The molecule has 1 aliphatic carbocycles. The van der Waals surface area contributed by atoms with Crippen molar-refractivity contribution >= 4 is 33.7 Å². The van der Waals surface area contributed by atoms with E-state index >= 15 is 0 Å². The summed E-state index contributed by atoms with van der Waals surface area (Å²) in [7, 11) is 1.49. The summed E-state index contributed by atoms with van der Waals surface area (Å²) in [5.41, 5.74) is 0.994. The topological polar surface area (TPSA) is 63.6 Å². The van der Waals surface area contributed by atoms with Crippen LogP contribution in [0.2, 0.25) is 0 Å². The van der Waals surface area contributed by atoms with Crippen LogP contribution in [0, 0.1) is 0 Å². The first-order valence-electron chi connectivity index (χ1n) is 7.81. The van der Waals surface area contributed by atoms with Gasteiger partial charge < -0.3 is 9.84 Å². The maximum absolute atomic E-state index is 12.8. The first-order valence-corrected chi connectivity index (χ1v) is 7.81. The lowest BCUT2D eigenvalue weighted by Gasteiger charge is -2.20. The number of carbonyl (C=O) groups is 2. The average Bonchev–Trinajstić information content (AvgIpc) is 2.66. The van der Waals surface area contributed by atoms with Crippen LogP contribution in [0.5, 0.6) is 5.75 Å². The van der Waals surface area contributed by atoms with Crippen LogP contribution in [0.25, 0.3) is 22.1 Å². The molecule has 0 unspecified atom stereocenters. The molecule has 4 nitrogen and oxygen atoms in total. The van der Waals surface area contributed by atoms with Crippen LogP contribution in [-0.2, 0) is 4.79 Å². The maximum Gasteiger partial charge on any atom is 0.238 e. The minimum atomic E-state index is -0.731. The summed E-state index contributed by atoms with van der Waals surface area (Å²) in [6.45, 7) is 0. The van der Waals surface area contributed by atoms with E-state index in [0.29, 0.717) is 16.9 Å². The second-order valence-electron chi connectivity index (χ2n) is 5.79. The number of fused-ring (bicyclic) bond motifs is 2. The molecule has 0 amide bonds.